The van der Waals surface area contributed by atoms with Crippen LogP contribution in [0.25, 0.3) is 10.9 Å². The molecule has 0 unspecified atom stereocenters. The van der Waals surface area contributed by atoms with Crippen LogP contribution in [0.1, 0.15) is 28.9 Å². The van der Waals surface area contributed by atoms with Crippen molar-refractivity contribution in [1.82, 2.24) is 9.47 Å². The molecular formula is C18H22N2O2. The molecule has 4 rings (SSSR count). The molecule has 1 saturated heterocycles. The fourth-order valence-corrected chi connectivity index (χ4v) is 3.80. The number of para-hydroxylation sites is 1. The van der Waals surface area contributed by atoms with Crippen LogP contribution in [0.2, 0.25) is 0 Å². The van der Waals surface area contributed by atoms with Crippen LogP contribution in [-0.4, -0.2) is 48.2 Å². The predicted molar refractivity (Wildman–Crippen MR) is 86.5 cm³/mol. The first-order valence-corrected chi connectivity index (χ1v) is 8.29. The lowest BCUT2D eigenvalue weighted by Crippen LogP contribution is -2.41. The molecule has 0 bridgehead atoms. The SMILES string of the molecule is O=C(CN1CCOCC1)n1c2c(c3ccccc31)CCCC2. The topological polar surface area (TPSA) is 34.5 Å². The molecule has 0 radical (unpaired) electrons. The van der Waals surface area contributed by atoms with Crippen molar-refractivity contribution in [2.24, 2.45) is 0 Å². The van der Waals surface area contributed by atoms with E-state index < -0.39 is 0 Å². The summed E-state index contributed by atoms with van der Waals surface area (Å²) in [4.78, 5) is 15.1. The summed E-state index contributed by atoms with van der Waals surface area (Å²) in [6.45, 7) is 3.67. The van der Waals surface area contributed by atoms with E-state index in [1.165, 1.54) is 29.5 Å². The molecular weight excluding hydrogens is 276 g/mol. The van der Waals surface area contributed by atoms with Gasteiger partial charge in [-0.3, -0.25) is 14.3 Å². The van der Waals surface area contributed by atoms with E-state index in [4.69, 9.17) is 4.74 Å². The first kappa shape index (κ1) is 14.0. The number of nitrogens with zero attached hydrogens (tertiary/aromatic N) is 2. The average Bonchev–Trinajstić information content (AvgIpc) is 2.90. The fourth-order valence-electron chi connectivity index (χ4n) is 3.80. The van der Waals surface area contributed by atoms with Crippen molar-refractivity contribution >= 4 is 16.8 Å². The Labute approximate surface area is 130 Å². The van der Waals surface area contributed by atoms with Gasteiger partial charge in [-0.15, -0.1) is 0 Å². The highest BCUT2D eigenvalue weighted by atomic mass is 16.5. The molecule has 0 spiro atoms. The van der Waals surface area contributed by atoms with Gasteiger partial charge in [-0.1, -0.05) is 18.2 Å². The third-order valence-corrected chi connectivity index (χ3v) is 4.89. The zero-order chi connectivity index (χ0) is 14.9. The molecule has 4 heteroatoms. The Morgan fingerprint density at radius 2 is 1.86 bits per heavy atom. The second kappa shape index (κ2) is 5.86. The van der Waals surface area contributed by atoms with Crippen LogP contribution >= 0.6 is 0 Å². The molecule has 116 valence electrons. The third-order valence-electron chi connectivity index (χ3n) is 4.89. The Kier molecular flexibility index (Phi) is 3.72. The maximum absolute atomic E-state index is 12.9. The molecule has 2 aliphatic rings. The molecule has 1 aromatic carbocycles. The average molecular weight is 298 g/mol. The first-order valence-electron chi connectivity index (χ1n) is 8.29. The van der Waals surface area contributed by atoms with Crippen molar-refractivity contribution < 1.29 is 9.53 Å². The molecule has 1 fully saturated rings. The number of benzene rings is 1. The first-order chi connectivity index (χ1) is 10.8. The number of aromatic nitrogens is 1. The molecule has 0 saturated carbocycles. The largest absolute Gasteiger partial charge is 0.379 e. The van der Waals surface area contributed by atoms with Gasteiger partial charge in [0.1, 0.15) is 0 Å². The van der Waals surface area contributed by atoms with Gasteiger partial charge in [-0.2, -0.15) is 0 Å². The Morgan fingerprint density at radius 1 is 1.09 bits per heavy atom. The summed E-state index contributed by atoms with van der Waals surface area (Å²) in [5.41, 5.74) is 3.75. The summed E-state index contributed by atoms with van der Waals surface area (Å²) < 4.78 is 7.37. The number of aryl methyl sites for hydroxylation is 1. The summed E-state index contributed by atoms with van der Waals surface area (Å²) in [6.07, 6.45) is 4.55. The second-order valence-corrected chi connectivity index (χ2v) is 6.27. The number of carbonyl (C=O) groups excluding carboxylic acids is 1. The Hall–Kier alpha value is -1.65. The number of ether oxygens (including phenoxy) is 1. The molecule has 0 amide bonds. The number of rotatable bonds is 2. The minimum atomic E-state index is 0.209. The van der Waals surface area contributed by atoms with Crippen molar-refractivity contribution in [2.75, 3.05) is 32.8 Å². The highest BCUT2D eigenvalue weighted by Gasteiger charge is 2.24. The lowest BCUT2D eigenvalue weighted by molar-refractivity contribution is 0.0350. The lowest BCUT2D eigenvalue weighted by atomic mass is 9.95. The van der Waals surface area contributed by atoms with E-state index >= 15 is 0 Å². The third kappa shape index (κ3) is 2.36. The van der Waals surface area contributed by atoms with Crippen LogP contribution in [0.4, 0.5) is 0 Å². The van der Waals surface area contributed by atoms with Crippen molar-refractivity contribution in [3.05, 3.63) is 35.5 Å². The molecule has 0 N–H and O–H groups in total. The van der Waals surface area contributed by atoms with Gasteiger partial charge in [0.15, 0.2) is 0 Å². The number of hydrogen-bond acceptors (Lipinski definition) is 3. The summed E-state index contributed by atoms with van der Waals surface area (Å²) in [5, 5.41) is 1.27. The van der Waals surface area contributed by atoms with Crippen LogP contribution < -0.4 is 0 Å². The van der Waals surface area contributed by atoms with Gasteiger partial charge < -0.3 is 4.74 Å². The zero-order valence-electron chi connectivity index (χ0n) is 12.9. The van der Waals surface area contributed by atoms with E-state index in [-0.39, 0.29) is 5.91 Å². The minimum Gasteiger partial charge on any atom is -0.379 e. The second-order valence-electron chi connectivity index (χ2n) is 6.27. The quantitative estimate of drug-likeness (QED) is 0.854. The van der Waals surface area contributed by atoms with E-state index in [9.17, 15) is 4.79 Å². The van der Waals surface area contributed by atoms with Crippen LogP contribution in [-0.2, 0) is 17.6 Å². The van der Waals surface area contributed by atoms with E-state index in [2.05, 4.69) is 23.1 Å². The summed E-state index contributed by atoms with van der Waals surface area (Å²) in [6, 6.07) is 8.36. The maximum atomic E-state index is 12.9. The van der Waals surface area contributed by atoms with E-state index in [1.807, 2.05) is 10.6 Å². The molecule has 22 heavy (non-hydrogen) atoms. The summed E-state index contributed by atoms with van der Waals surface area (Å²) in [7, 11) is 0. The van der Waals surface area contributed by atoms with Gasteiger partial charge in [0, 0.05) is 24.2 Å². The van der Waals surface area contributed by atoms with Crippen molar-refractivity contribution in [1.29, 1.82) is 0 Å². The van der Waals surface area contributed by atoms with E-state index in [0.29, 0.717) is 6.54 Å². The standard InChI is InChI=1S/C18H22N2O2/c21-18(13-19-9-11-22-12-10-19)20-16-7-3-1-5-14(16)15-6-2-4-8-17(15)20/h1,3,5,7H,2,4,6,8-13H2. The number of fused-ring (bicyclic) bond motifs is 3. The van der Waals surface area contributed by atoms with E-state index in [1.54, 1.807) is 0 Å². The summed E-state index contributed by atoms with van der Waals surface area (Å²) in [5.74, 6) is 0.209. The normalized spacial score (nSPS) is 19.3. The molecule has 1 aliphatic heterocycles. The number of carbonyl (C=O) groups is 1. The van der Waals surface area contributed by atoms with Gasteiger partial charge in [0.05, 0.1) is 25.3 Å². The minimum absolute atomic E-state index is 0.209. The maximum Gasteiger partial charge on any atom is 0.245 e. The highest BCUT2D eigenvalue weighted by Crippen LogP contribution is 2.32. The number of morpholine rings is 1. The van der Waals surface area contributed by atoms with Gasteiger partial charge in [0.2, 0.25) is 5.91 Å². The molecule has 1 aliphatic carbocycles. The van der Waals surface area contributed by atoms with Crippen molar-refractivity contribution in [3.8, 4) is 0 Å². The van der Waals surface area contributed by atoms with E-state index in [0.717, 1.165) is 44.7 Å². The van der Waals surface area contributed by atoms with Gasteiger partial charge >= 0.3 is 0 Å². The van der Waals surface area contributed by atoms with Gasteiger partial charge in [0.25, 0.3) is 0 Å². The fraction of sp³-hybridized carbons (Fsp3) is 0.500. The monoisotopic (exact) mass is 298 g/mol. The van der Waals surface area contributed by atoms with Crippen LogP contribution in [0.15, 0.2) is 24.3 Å². The number of hydrogen-bond donors (Lipinski definition) is 0. The van der Waals surface area contributed by atoms with Crippen LogP contribution in [0.5, 0.6) is 0 Å². The Balaban J connectivity index is 1.72. The van der Waals surface area contributed by atoms with Gasteiger partial charge in [-0.25, -0.2) is 0 Å². The van der Waals surface area contributed by atoms with Crippen LogP contribution in [0, 0.1) is 0 Å². The molecule has 4 nitrogen and oxygen atoms in total. The molecule has 2 aromatic rings. The van der Waals surface area contributed by atoms with Crippen LogP contribution in [0.3, 0.4) is 0 Å². The zero-order valence-corrected chi connectivity index (χ0v) is 12.9. The summed E-state index contributed by atoms with van der Waals surface area (Å²) >= 11 is 0. The Bertz CT molecular complexity index is 698. The smallest absolute Gasteiger partial charge is 0.245 e. The molecule has 1 aromatic heterocycles. The molecule has 0 atom stereocenters. The van der Waals surface area contributed by atoms with Crippen molar-refractivity contribution in [2.45, 2.75) is 25.7 Å². The predicted octanol–water partition coefficient (Wildman–Crippen LogP) is 2.49. The molecule has 2 heterocycles. The lowest BCUT2D eigenvalue weighted by Gasteiger charge is -2.26. The Morgan fingerprint density at radius 3 is 2.73 bits per heavy atom. The van der Waals surface area contributed by atoms with Crippen molar-refractivity contribution in [3.63, 3.8) is 0 Å². The van der Waals surface area contributed by atoms with Gasteiger partial charge in [-0.05, 0) is 37.3 Å². The highest BCUT2D eigenvalue weighted by molar-refractivity contribution is 5.97.